The first-order valence-corrected chi connectivity index (χ1v) is 7.36. The number of aryl methyl sites for hydroxylation is 1. The summed E-state index contributed by atoms with van der Waals surface area (Å²) in [6.45, 7) is 2.16. The molecule has 0 aliphatic heterocycles. The molecule has 0 fully saturated rings. The number of nitrogens with zero attached hydrogens (tertiary/aromatic N) is 1. The van der Waals surface area contributed by atoms with E-state index < -0.39 is 0 Å². The summed E-state index contributed by atoms with van der Waals surface area (Å²) in [6.07, 6.45) is 2.23. The smallest absolute Gasteiger partial charge is 0.184 e. The number of anilines is 1. The van der Waals surface area contributed by atoms with E-state index in [2.05, 4.69) is 35.4 Å². The van der Waals surface area contributed by atoms with Gasteiger partial charge in [-0.3, -0.25) is 0 Å². The summed E-state index contributed by atoms with van der Waals surface area (Å²) in [4.78, 5) is 4.59. The van der Waals surface area contributed by atoms with Crippen LogP contribution in [0.5, 0.6) is 0 Å². The minimum Gasteiger partial charge on any atom is -0.467 e. The minimum absolute atomic E-state index is 0.0586. The normalized spacial score (nSPS) is 12.7. The highest BCUT2D eigenvalue weighted by Crippen LogP contribution is 2.30. The highest BCUT2D eigenvalue weighted by atomic mass is 32.1. The molecule has 2 aromatic heterocycles. The Bertz CT molecular complexity index is 691. The molecule has 5 heteroatoms. The van der Waals surface area contributed by atoms with Crippen LogP contribution in [0.15, 0.2) is 41.0 Å². The van der Waals surface area contributed by atoms with Gasteiger partial charge < -0.3 is 14.8 Å². The van der Waals surface area contributed by atoms with Gasteiger partial charge in [-0.2, -0.15) is 0 Å². The number of furan rings is 1. The second kappa shape index (κ2) is 5.64. The lowest BCUT2D eigenvalue weighted by Crippen LogP contribution is -2.11. The molecular formula is C15H16N2O2S. The number of nitrogens with one attached hydrogen (secondary N) is 1. The van der Waals surface area contributed by atoms with Gasteiger partial charge in [-0.05, 0) is 43.2 Å². The van der Waals surface area contributed by atoms with E-state index in [1.165, 1.54) is 5.56 Å². The zero-order valence-corrected chi connectivity index (χ0v) is 12.0. The summed E-state index contributed by atoms with van der Waals surface area (Å²) in [6, 6.07) is 9.94. The van der Waals surface area contributed by atoms with Gasteiger partial charge in [0.25, 0.3) is 0 Å². The third-order valence-electron chi connectivity index (χ3n) is 3.15. The zero-order valence-electron chi connectivity index (χ0n) is 11.2. The molecule has 0 radical (unpaired) electrons. The lowest BCUT2D eigenvalue weighted by molar-refractivity contribution is 0.273. The molecule has 4 nitrogen and oxygen atoms in total. The number of thiazole rings is 1. The molecule has 0 bridgehead atoms. The SMILES string of the molecule is Cc1ccc2sc(NC(CCO)c3ccco3)nc2c1. The number of aromatic nitrogens is 1. The minimum atomic E-state index is -0.0586. The molecule has 2 N–H and O–H groups in total. The van der Waals surface area contributed by atoms with Crippen molar-refractivity contribution in [2.24, 2.45) is 0 Å². The van der Waals surface area contributed by atoms with Crippen LogP contribution in [0.3, 0.4) is 0 Å². The number of aliphatic hydroxyl groups is 1. The standard InChI is InChI=1S/C15H16N2O2S/c1-10-4-5-14-12(9-10)17-15(20-14)16-11(6-7-18)13-3-2-8-19-13/h2-5,8-9,11,18H,6-7H2,1H3,(H,16,17). The fraction of sp³-hybridized carbons (Fsp3) is 0.267. The third kappa shape index (κ3) is 2.69. The molecule has 1 atom stereocenters. The summed E-state index contributed by atoms with van der Waals surface area (Å²) in [5.41, 5.74) is 2.20. The van der Waals surface area contributed by atoms with Crippen molar-refractivity contribution in [3.63, 3.8) is 0 Å². The number of aliphatic hydroxyl groups excluding tert-OH is 1. The number of benzene rings is 1. The Kier molecular flexibility index (Phi) is 3.71. The fourth-order valence-electron chi connectivity index (χ4n) is 2.15. The molecule has 0 aliphatic rings. The predicted octanol–water partition coefficient (Wildman–Crippen LogP) is 3.73. The molecule has 2 heterocycles. The van der Waals surface area contributed by atoms with Crippen molar-refractivity contribution in [3.05, 3.63) is 47.9 Å². The summed E-state index contributed by atoms with van der Waals surface area (Å²) in [5, 5.41) is 13.4. The largest absolute Gasteiger partial charge is 0.467 e. The first-order chi connectivity index (χ1) is 9.76. The number of fused-ring (bicyclic) bond motifs is 1. The lowest BCUT2D eigenvalue weighted by atomic mass is 10.1. The van der Waals surface area contributed by atoms with Crippen LogP contribution >= 0.6 is 11.3 Å². The van der Waals surface area contributed by atoms with Crippen molar-refractivity contribution in [2.45, 2.75) is 19.4 Å². The van der Waals surface area contributed by atoms with E-state index in [4.69, 9.17) is 4.42 Å². The Balaban J connectivity index is 1.86. The van der Waals surface area contributed by atoms with Crippen molar-refractivity contribution in [3.8, 4) is 0 Å². The quantitative estimate of drug-likeness (QED) is 0.751. The molecule has 3 aromatic rings. The van der Waals surface area contributed by atoms with E-state index in [9.17, 15) is 5.11 Å². The maximum Gasteiger partial charge on any atom is 0.184 e. The zero-order chi connectivity index (χ0) is 13.9. The summed E-state index contributed by atoms with van der Waals surface area (Å²) in [5.74, 6) is 0.814. The van der Waals surface area contributed by atoms with E-state index in [0.717, 1.165) is 21.1 Å². The Morgan fingerprint density at radius 2 is 2.30 bits per heavy atom. The van der Waals surface area contributed by atoms with E-state index in [0.29, 0.717) is 6.42 Å². The number of hydrogen-bond donors (Lipinski definition) is 2. The maximum atomic E-state index is 9.19. The van der Waals surface area contributed by atoms with Gasteiger partial charge in [0.05, 0.1) is 22.5 Å². The van der Waals surface area contributed by atoms with E-state index in [1.54, 1.807) is 17.6 Å². The molecule has 1 aromatic carbocycles. The number of hydrogen-bond acceptors (Lipinski definition) is 5. The molecule has 0 saturated heterocycles. The van der Waals surface area contributed by atoms with E-state index >= 15 is 0 Å². The van der Waals surface area contributed by atoms with Crippen molar-refractivity contribution in [1.29, 1.82) is 0 Å². The van der Waals surface area contributed by atoms with Gasteiger partial charge in [-0.1, -0.05) is 17.4 Å². The van der Waals surface area contributed by atoms with Crippen molar-refractivity contribution in [1.82, 2.24) is 4.98 Å². The molecule has 0 spiro atoms. The van der Waals surface area contributed by atoms with Gasteiger partial charge in [-0.25, -0.2) is 4.98 Å². The van der Waals surface area contributed by atoms with Crippen LogP contribution in [0.2, 0.25) is 0 Å². The molecule has 1 unspecified atom stereocenters. The lowest BCUT2D eigenvalue weighted by Gasteiger charge is -2.14. The van der Waals surface area contributed by atoms with Crippen LogP contribution in [-0.4, -0.2) is 16.7 Å². The fourth-order valence-corrected chi connectivity index (χ4v) is 3.05. The topological polar surface area (TPSA) is 58.3 Å². The van der Waals surface area contributed by atoms with E-state index in [-0.39, 0.29) is 12.6 Å². The van der Waals surface area contributed by atoms with Gasteiger partial charge in [0.15, 0.2) is 5.13 Å². The summed E-state index contributed by atoms with van der Waals surface area (Å²) < 4.78 is 6.57. The number of rotatable bonds is 5. The van der Waals surface area contributed by atoms with Crippen LogP contribution in [0.1, 0.15) is 23.8 Å². The Morgan fingerprint density at radius 3 is 3.05 bits per heavy atom. The molecular weight excluding hydrogens is 272 g/mol. The van der Waals surface area contributed by atoms with Gasteiger partial charge in [-0.15, -0.1) is 0 Å². The monoisotopic (exact) mass is 288 g/mol. The first kappa shape index (κ1) is 13.1. The highest BCUT2D eigenvalue weighted by Gasteiger charge is 2.15. The Hall–Kier alpha value is -1.85. The van der Waals surface area contributed by atoms with E-state index in [1.807, 2.05) is 12.1 Å². The summed E-state index contributed by atoms with van der Waals surface area (Å²) in [7, 11) is 0. The van der Waals surface area contributed by atoms with Gasteiger partial charge >= 0.3 is 0 Å². The molecule has 0 aliphatic carbocycles. The molecule has 104 valence electrons. The van der Waals surface area contributed by atoms with Crippen LogP contribution in [0.4, 0.5) is 5.13 Å². The van der Waals surface area contributed by atoms with Crippen LogP contribution in [0, 0.1) is 6.92 Å². The van der Waals surface area contributed by atoms with Crippen molar-refractivity contribution < 1.29 is 9.52 Å². The predicted molar refractivity (Wildman–Crippen MR) is 81.1 cm³/mol. The van der Waals surface area contributed by atoms with Gasteiger partial charge in [0.1, 0.15) is 5.76 Å². The third-order valence-corrected chi connectivity index (χ3v) is 4.11. The molecule has 0 amide bonds. The molecule has 20 heavy (non-hydrogen) atoms. The van der Waals surface area contributed by atoms with Crippen molar-refractivity contribution >= 4 is 26.7 Å². The van der Waals surface area contributed by atoms with Crippen LogP contribution in [-0.2, 0) is 0 Å². The molecule has 3 rings (SSSR count). The second-order valence-electron chi connectivity index (χ2n) is 4.71. The molecule has 0 saturated carbocycles. The van der Waals surface area contributed by atoms with Gasteiger partial charge in [0, 0.05) is 6.61 Å². The van der Waals surface area contributed by atoms with Crippen LogP contribution in [0.25, 0.3) is 10.2 Å². The van der Waals surface area contributed by atoms with Crippen LogP contribution < -0.4 is 5.32 Å². The summed E-state index contributed by atoms with van der Waals surface area (Å²) >= 11 is 1.61. The van der Waals surface area contributed by atoms with Crippen molar-refractivity contribution in [2.75, 3.05) is 11.9 Å². The Labute approximate surface area is 121 Å². The highest BCUT2D eigenvalue weighted by molar-refractivity contribution is 7.22. The average Bonchev–Trinajstić information content (AvgIpc) is 3.06. The maximum absolute atomic E-state index is 9.19. The van der Waals surface area contributed by atoms with Gasteiger partial charge in [0.2, 0.25) is 0 Å². The first-order valence-electron chi connectivity index (χ1n) is 6.54. The second-order valence-corrected chi connectivity index (χ2v) is 5.75. The Morgan fingerprint density at radius 1 is 1.40 bits per heavy atom. The average molecular weight is 288 g/mol.